The molecule has 1 fully saturated rings. The number of nitrogens with one attached hydrogen (secondary N) is 1. The monoisotopic (exact) mass is 204 g/mol. The molecule has 1 atom stereocenters. The smallest absolute Gasteiger partial charge is 0.253 e. The molecule has 3 N–H and O–H groups in total. The fraction of sp³-hybridized carbons (Fsp3) is 0.417. The maximum atomic E-state index is 11.8. The second-order valence-corrected chi connectivity index (χ2v) is 4.19. The lowest BCUT2D eigenvalue weighted by Gasteiger charge is -2.13. The van der Waals surface area contributed by atoms with Gasteiger partial charge in [-0.1, -0.05) is 12.1 Å². The van der Waals surface area contributed by atoms with Crippen molar-refractivity contribution < 1.29 is 4.79 Å². The van der Waals surface area contributed by atoms with Gasteiger partial charge in [-0.05, 0) is 37.8 Å². The minimum absolute atomic E-state index is 0.0625. The molecule has 0 saturated heterocycles. The van der Waals surface area contributed by atoms with Gasteiger partial charge in [-0.25, -0.2) is 0 Å². The number of carbonyl (C=O) groups is 1. The van der Waals surface area contributed by atoms with Gasteiger partial charge in [0.15, 0.2) is 0 Å². The predicted molar refractivity (Wildman–Crippen MR) is 60.5 cm³/mol. The fourth-order valence-corrected chi connectivity index (χ4v) is 1.70. The molecule has 0 spiro atoms. The molecule has 0 aliphatic heterocycles. The summed E-state index contributed by atoms with van der Waals surface area (Å²) in [6.45, 7) is 2.05. The van der Waals surface area contributed by atoms with Crippen LogP contribution in [0.15, 0.2) is 24.3 Å². The lowest BCUT2D eigenvalue weighted by atomic mass is 10.1. The summed E-state index contributed by atoms with van der Waals surface area (Å²) in [5, 5.41) is 2.98. The summed E-state index contributed by atoms with van der Waals surface area (Å²) in [5.74, 6) is 0.603. The Morgan fingerprint density at radius 2 is 2.13 bits per heavy atom. The van der Waals surface area contributed by atoms with Crippen molar-refractivity contribution in [2.45, 2.75) is 25.8 Å². The molecule has 2 rings (SSSR count). The molecule has 3 nitrogen and oxygen atoms in total. The Morgan fingerprint density at radius 3 is 2.73 bits per heavy atom. The third-order valence-corrected chi connectivity index (χ3v) is 2.89. The van der Waals surface area contributed by atoms with Crippen molar-refractivity contribution in [1.29, 1.82) is 0 Å². The first-order chi connectivity index (χ1) is 7.18. The van der Waals surface area contributed by atoms with E-state index in [0.29, 0.717) is 17.2 Å². The van der Waals surface area contributed by atoms with Crippen LogP contribution in [0.4, 0.5) is 5.69 Å². The highest BCUT2D eigenvalue weighted by atomic mass is 16.1. The third-order valence-electron chi connectivity index (χ3n) is 2.89. The summed E-state index contributed by atoms with van der Waals surface area (Å²) in [7, 11) is 0. The number of benzene rings is 1. The number of nitrogen functional groups attached to an aromatic ring is 1. The SMILES string of the molecule is CC(NC(=O)c1ccccc1N)C1CC1. The number of nitrogens with two attached hydrogens (primary N) is 1. The van der Waals surface area contributed by atoms with E-state index >= 15 is 0 Å². The van der Waals surface area contributed by atoms with E-state index in [1.165, 1.54) is 12.8 Å². The van der Waals surface area contributed by atoms with E-state index in [4.69, 9.17) is 5.73 Å². The van der Waals surface area contributed by atoms with Crippen molar-refractivity contribution in [3.8, 4) is 0 Å². The van der Waals surface area contributed by atoms with Crippen LogP contribution in [0.1, 0.15) is 30.1 Å². The molecular formula is C12H16N2O. The molecule has 0 heterocycles. The minimum Gasteiger partial charge on any atom is -0.398 e. The van der Waals surface area contributed by atoms with E-state index in [-0.39, 0.29) is 11.9 Å². The van der Waals surface area contributed by atoms with Crippen LogP contribution in [0.5, 0.6) is 0 Å². The second kappa shape index (κ2) is 3.93. The number of anilines is 1. The molecule has 15 heavy (non-hydrogen) atoms. The Morgan fingerprint density at radius 1 is 1.47 bits per heavy atom. The Labute approximate surface area is 89.7 Å². The van der Waals surface area contributed by atoms with Crippen molar-refractivity contribution >= 4 is 11.6 Å². The molecular weight excluding hydrogens is 188 g/mol. The lowest BCUT2D eigenvalue weighted by Crippen LogP contribution is -2.34. The Balaban J connectivity index is 2.04. The Bertz CT molecular complexity index is 372. The molecule has 1 aromatic carbocycles. The van der Waals surface area contributed by atoms with Gasteiger partial charge in [0.05, 0.1) is 5.56 Å². The molecule has 0 aromatic heterocycles. The predicted octanol–water partition coefficient (Wildman–Crippen LogP) is 1.80. The van der Waals surface area contributed by atoms with Gasteiger partial charge in [-0.3, -0.25) is 4.79 Å². The number of amides is 1. The Hall–Kier alpha value is -1.51. The highest BCUT2D eigenvalue weighted by Gasteiger charge is 2.29. The number of hydrogen-bond donors (Lipinski definition) is 2. The normalized spacial score (nSPS) is 17.1. The van der Waals surface area contributed by atoms with Crippen LogP contribution in [0, 0.1) is 5.92 Å². The minimum atomic E-state index is -0.0625. The summed E-state index contributed by atoms with van der Waals surface area (Å²) in [5.41, 5.74) is 6.84. The van der Waals surface area contributed by atoms with E-state index in [0.717, 1.165) is 0 Å². The lowest BCUT2D eigenvalue weighted by molar-refractivity contribution is 0.0937. The molecule has 1 aliphatic rings. The van der Waals surface area contributed by atoms with Crippen molar-refractivity contribution in [3.05, 3.63) is 29.8 Å². The third kappa shape index (κ3) is 2.29. The summed E-state index contributed by atoms with van der Waals surface area (Å²) in [4.78, 5) is 11.8. The van der Waals surface area contributed by atoms with Crippen LogP contribution in [0.3, 0.4) is 0 Å². The van der Waals surface area contributed by atoms with Gasteiger partial charge in [0.1, 0.15) is 0 Å². The highest BCUT2D eigenvalue weighted by Crippen LogP contribution is 2.32. The maximum absolute atomic E-state index is 11.8. The van der Waals surface area contributed by atoms with E-state index < -0.39 is 0 Å². The van der Waals surface area contributed by atoms with Gasteiger partial charge < -0.3 is 11.1 Å². The molecule has 1 aromatic rings. The molecule has 1 aliphatic carbocycles. The van der Waals surface area contributed by atoms with Crippen molar-refractivity contribution in [3.63, 3.8) is 0 Å². The van der Waals surface area contributed by atoms with Gasteiger partial charge in [0, 0.05) is 11.7 Å². The molecule has 0 radical (unpaired) electrons. The number of rotatable bonds is 3. The standard InChI is InChI=1S/C12H16N2O/c1-8(9-6-7-9)14-12(15)10-4-2-3-5-11(10)13/h2-5,8-9H,6-7,13H2,1H3,(H,14,15). The number of para-hydroxylation sites is 1. The van der Waals surface area contributed by atoms with Gasteiger partial charge in [0.25, 0.3) is 5.91 Å². The molecule has 80 valence electrons. The van der Waals surface area contributed by atoms with Gasteiger partial charge in [0.2, 0.25) is 0 Å². The second-order valence-electron chi connectivity index (χ2n) is 4.19. The average Bonchev–Trinajstić information content (AvgIpc) is 3.01. The first-order valence-corrected chi connectivity index (χ1v) is 5.34. The van der Waals surface area contributed by atoms with Crippen LogP contribution in [0.2, 0.25) is 0 Å². The van der Waals surface area contributed by atoms with Crippen molar-refractivity contribution in [2.24, 2.45) is 5.92 Å². The first kappa shape index (κ1) is 10.0. The van der Waals surface area contributed by atoms with Gasteiger partial charge in [-0.2, -0.15) is 0 Å². The summed E-state index contributed by atoms with van der Waals surface area (Å²) < 4.78 is 0. The van der Waals surface area contributed by atoms with E-state index in [1.54, 1.807) is 12.1 Å². The first-order valence-electron chi connectivity index (χ1n) is 5.34. The number of hydrogen-bond acceptors (Lipinski definition) is 2. The maximum Gasteiger partial charge on any atom is 0.253 e. The average molecular weight is 204 g/mol. The van der Waals surface area contributed by atoms with Crippen LogP contribution < -0.4 is 11.1 Å². The molecule has 3 heteroatoms. The van der Waals surface area contributed by atoms with Crippen molar-refractivity contribution in [2.75, 3.05) is 5.73 Å². The summed E-state index contributed by atoms with van der Waals surface area (Å²) in [6, 6.07) is 7.42. The summed E-state index contributed by atoms with van der Waals surface area (Å²) in [6.07, 6.45) is 2.46. The van der Waals surface area contributed by atoms with Crippen molar-refractivity contribution in [1.82, 2.24) is 5.32 Å². The number of carbonyl (C=O) groups excluding carboxylic acids is 1. The van der Waals surface area contributed by atoms with Gasteiger partial charge in [-0.15, -0.1) is 0 Å². The van der Waals surface area contributed by atoms with Crippen LogP contribution in [-0.2, 0) is 0 Å². The largest absolute Gasteiger partial charge is 0.398 e. The van der Waals surface area contributed by atoms with E-state index in [1.807, 2.05) is 12.1 Å². The van der Waals surface area contributed by atoms with E-state index in [9.17, 15) is 4.79 Å². The van der Waals surface area contributed by atoms with Gasteiger partial charge >= 0.3 is 0 Å². The van der Waals surface area contributed by atoms with E-state index in [2.05, 4.69) is 12.2 Å². The fourth-order valence-electron chi connectivity index (χ4n) is 1.70. The zero-order valence-electron chi connectivity index (χ0n) is 8.86. The molecule has 1 saturated carbocycles. The van der Waals surface area contributed by atoms with Crippen LogP contribution in [0.25, 0.3) is 0 Å². The highest BCUT2D eigenvalue weighted by molar-refractivity contribution is 5.99. The van der Waals surface area contributed by atoms with Crippen LogP contribution >= 0.6 is 0 Å². The topological polar surface area (TPSA) is 55.1 Å². The van der Waals surface area contributed by atoms with Crippen LogP contribution in [-0.4, -0.2) is 11.9 Å². The Kier molecular flexibility index (Phi) is 2.62. The molecule has 1 amide bonds. The zero-order chi connectivity index (χ0) is 10.8. The molecule has 1 unspecified atom stereocenters. The quantitative estimate of drug-likeness (QED) is 0.737. The zero-order valence-corrected chi connectivity index (χ0v) is 8.86. The summed E-state index contributed by atoms with van der Waals surface area (Å²) >= 11 is 0. The molecule has 0 bridgehead atoms.